The minimum Gasteiger partial charge on any atom is -0.493 e. The average molecular weight is 485 g/mol. The number of ether oxygens (including phenoxy) is 1. The van der Waals surface area contributed by atoms with Crippen LogP contribution in [0.1, 0.15) is 51.5 Å². The predicted octanol–water partition coefficient (Wildman–Crippen LogP) is 5.81. The molecular weight excluding hydrogens is 448 g/mol. The summed E-state index contributed by atoms with van der Waals surface area (Å²) < 4.78 is 6.18. The molecule has 2 aromatic carbocycles. The highest BCUT2D eigenvalue weighted by Gasteiger charge is 2.41. The maximum atomic E-state index is 13.3. The molecule has 2 amide bonds. The van der Waals surface area contributed by atoms with Crippen LogP contribution in [0.15, 0.2) is 54.6 Å². The van der Waals surface area contributed by atoms with E-state index < -0.39 is 5.41 Å². The smallest absolute Gasteiger partial charge is 0.225 e. The van der Waals surface area contributed by atoms with E-state index in [9.17, 15) is 9.59 Å². The molecule has 1 aliphatic rings. The SMILES string of the molecule is CCC(CC)C(=O)N1CCC[C@](COc2ccc(Cl)cc2)(CC(=O)N(C)Cc2ccccc2)C1. The lowest BCUT2D eigenvalue weighted by Crippen LogP contribution is -2.52. The molecule has 5 nitrogen and oxygen atoms in total. The number of carbonyl (C=O) groups is 2. The summed E-state index contributed by atoms with van der Waals surface area (Å²) in [6, 6.07) is 17.3. The van der Waals surface area contributed by atoms with E-state index in [0.717, 1.165) is 43.5 Å². The van der Waals surface area contributed by atoms with Gasteiger partial charge in [0.15, 0.2) is 0 Å². The Balaban J connectivity index is 1.76. The highest BCUT2D eigenvalue weighted by atomic mass is 35.5. The molecule has 1 saturated heterocycles. The van der Waals surface area contributed by atoms with Gasteiger partial charge < -0.3 is 14.5 Å². The van der Waals surface area contributed by atoms with Crippen molar-refractivity contribution in [3.05, 3.63) is 65.2 Å². The lowest BCUT2D eigenvalue weighted by molar-refractivity contribution is -0.144. The number of benzene rings is 2. The lowest BCUT2D eigenvalue weighted by atomic mass is 9.76. The third-order valence-corrected chi connectivity index (χ3v) is 7.13. The molecule has 1 heterocycles. The number of hydrogen-bond acceptors (Lipinski definition) is 3. The molecule has 1 aliphatic heterocycles. The Bertz CT molecular complexity index is 930. The Morgan fingerprint density at radius 2 is 1.76 bits per heavy atom. The Morgan fingerprint density at radius 3 is 2.41 bits per heavy atom. The van der Waals surface area contributed by atoms with Crippen LogP contribution < -0.4 is 4.74 Å². The van der Waals surface area contributed by atoms with Crippen LogP contribution in [0.2, 0.25) is 5.02 Å². The molecule has 0 aliphatic carbocycles. The molecule has 0 saturated carbocycles. The van der Waals surface area contributed by atoms with E-state index >= 15 is 0 Å². The average Bonchev–Trinajstić information content (AvgIpc) is 2.85. The van der Waals surface area contributed by atoms with Crippen LogP contribution >= 0.6 is 11.6 Å². The molecule has 184 valence electrons. The first-order valence-corrected chi connectivity index (χ1v) is 12.7. The van der Waals surface area contributed by atoms with Crippen LogP contribution in [0.3, 0.4) is 0 Å². The fourth-order valence-corrected chi connectivity index (χ4v) is 4.90. The van der Waals surface area contributed by atoms with Gasteiger partial charge in [-0.15, -0.1) is 0 Å². The van der Waals surface area contributed by atoms with Crippen molar-refractivity contribution in [1.82, 2.24) is 9.80 Å². The quantitative estimate of drug-likeness (QED) is 0.427. The second-order valence-corrected chi connectivity index (χ2v) is 9.97. The van der Waals surface area contributed by atoms with Crippen molar-refractivity contribution in [3.8, 4) is 5.75 Å². The maximum absolute atomic E-state index is 13.3. The van der Waals surface area contributed by atoms with Gasteiger partial charge in [0.1, 0.15) is 5.75 Å². The molecule has 6 heteroatoms. The normalized spacial score (nSPS) is 18.1. The third kappa shape index (κ3) is 6.99. The molecule has 2 aromatic rings. The zero-order valence-electron chi connectivity index (χ0n) is 20.6. The van der Waals surface area contributed by atoms with Crippen LogP contribution in [0.5, 0.6) is 5.75 Å². The van der Waals surface area contributed by atoms with E-state index in [-0.39, 0.29) is 17.7 Å². The Hall–Kier alpha value is -2.53. The zero-order chi connectivity index (χ0) is 24.6. The Kier molecular flexibility index (Phi) is 9.40. The molecule has 0 N–H and O–H groups in total. The predicted molar refractivity (Wildman–Crippen MR) is 137 cm³/mol. The van der Waals surface area contributed by atoms with Gasteiger partial charge in [-0.05, 0) is 55.5 Å². The Labute approximate surface area is 209 Å². The first kappa shape index (κ1) is 26.1. The highest BCUT2D eigenvalue weighted by molar-refractivity contribution is 6.30. The van der Waals surface area contributed by atoms with E-state index in [1.54, 1.807) is 17.0 Å². The van der Waals surface area contributed by atoms with Gasteiger partial charge in [0, 0.05) is 49.5 Å². The molecule has 0 bridgehead atoms. The number of nitrogens with zero attached hydrogens (tertiary/aromatic N) is 2. The summed E-state index contributed by atoms with van der Waals surface area (Å²) in [6.45, 7) is 6.35. The zero-order valence-corrected chi connectivity index (χ0v) is 21.4. The van der Waals surface area contributed by atoms with Crippen molar-refractivity contribution >= 4 is 23.4 Å². The van der Waals surface area contributed by atoms with Gasteiger partial charge in [-0.25, -0.2) is 0 Å². The van der Waals surface area contributed by atoms with Gasteiger partial charge >= 0.3 is 0 Å². The van der Waals surface area contributed by atoms with E-state index in [0.29, 0.717) is 31.1 Å². The van der Waals surface area contributed by atoms with Gasteiger partial charge in [-0.3, -0.25) is 9.59 Å². The van der Waals surface area contributed by atoms with Crippen molar-refractivity contribution in [2.45, 2.75) is 52.5 Å². The number of amides is 2. The second kappa shape index (κ2) is 12.3. The summed E-state index contributed by atoms with van der Waals surface area (Å²) in [5.74, 6) is 1.02. The number of hydrogen-bond donors (Lipinski definition) is 0. The molecule has 0 aromatic heterocycles. The standard InChI is InChI=1S/C28H37ClN2O3/c1-4-23(5-2)27(33)31-17-9-16-28(20-31,21-34-25-14-12-24(29)13-15-25)18-26(32)30(3)19-22-10-7-6-8-11-22/h6-8,10-15,23H,4-5,9,16-21H2,1-3H3/t28-/m0/s1. The number of rotatable bonds is 10. The van der Waals surface area contributed by atoms with Crippen molar-refractivity contribution in [2.24, 2.45) is 11.3 Å². The molecule has 0 spiro atoms. The van der Waals surface area contributed by atoms with E-state index in [1.807, 2.05) is 54.4 Å². The fourth-order valence-electron chi connectivity index (χ4n) is 4.77. The van der Waals surface area contributed by atoms with Crippen LogP contribution in [0.4, 0.5) is 0 Å². The van der Waals surface area contributed by atoms with Gasteiger partial charge in [0.25, 0.3) is 0 Å². The summed E-state index contributed by atoms with van der Waals surface area (Å²) in [5.41, 5.74) is 0.667. The summed E-state index contributed by atoms with van der Waals surface area (Å²) in [4.78, 5) is 30.3. The third-order valence-electron chi connectivity index (χ3n) is 6.88. The molecule has 3 rings (SSSR count). The minimum absolute atomic E-state index is 0.0319. The van der Waals surface area contributed by atoms with Gasteiger partial charge in [0.05, 0.1) is 6.61 Å². The fraction of sp³-hybridized carbons (Fsp3) is 0.500. The summed E-state index contributed by atoms with van der Waals surface area (Å²) in [6.07, 6.45) is 3.72. The topological polar surface area (TPSA) is 49.9 Å². The molecule has 1 fully saturated rings. The summed E-state index contributed by atoms with van der Waals surface area (Å²) in [5, 5.41) is 0.652. The molecule has 0 unspecified atom stereocenters. The van der Waals surface area contributed by atoms with Gasteiger partial charge in [0.2, 0.25) is 11.8 Å². The van der Waals surface area contributed by atoms with Crippen LogP contribution in [0, 0.1) is 11.3 Å². The van der Waals surface area contributed by atoms with Crippen molar-refractivity contribution in [3.63, 3.8) is 0 Å². The lowest BCUT2D eigenvalue weighted by Gasteiger charge is -2.43. The number of carbonyl (C=O) groups excluding carboxylic acids is 2. The first-order valence-electron chi connectivity index (χ1n) is 12.3. The molecule has 1 atom stereocenters. The van der Waals surface area contributed by atoms with Crippen molar-refractivity contribution in [2.75, 3.05) is 26.7 Å². The summed E-state index contributed by atoms with van der Waals surface area (Å²) in [7, 11) is 1.85. The second-order valence-electron chi connectivity index (χ2n) is 9.53. The van der Waals surface area contributed by atoms with E-state index in [1.165, 1.54) is 0 Å². The number of halogens is 1. The maximum Gasteiger partial charge on any atom is 0.225 e. The van der Waals surface area contributed by atoms with Crippen LogP contribution in [0.25, 0.3) is 0 Å². The number of likely N-dealkylation sites (tertiary alicyclic amines) is 1. The first-order chi connectivity index (χ1) is 16.4. The van der Waals surface area contributed by atoms with E-state index in [4.69, 9.17) is 16.3 Å². The largest absolute Gasteiger partial charge is 0.493 e. The molecule has 0 radical (unpaired) electrons. The van der Waals surface area contributed by atoms with E-state index in [2.05, 4.69) is 13.8 Å². The van der Waals surface area contributed by atoms with Gasteiger partial charge in [-0.1, -0.05) is 55.8 Å². The van der Waals surface area contributed by atoms with Crippen LogP contribution in [-0.4, -0.2) is 48.4 Å². The molecule has 34 heavy (non-hydrogen) atoms. The highest BCUT2D eigenvalue weighted by Crippen LogP contribution is 2.36. The van der Waals surface area contributed by atoms with Crippen molar-refractivity contribution < 1.29 is 14.3 Å². The summed E-state index contributed by atoms with van der Waals surface area (Å²) >= 11 is 6.02. The monoisotopic (exact) mass is 484 g/mol. The van der Waals surface area contributed by atoms with Gasteiger partial charge in [-0.2, -0.15) is 0 Å². The van der Waals surface area contributed by atoms with Crippen LogP contribution in [-0.2, 0) is 16.1 Å². The Morgan fingerprint density at radius 1 is 1.09 bits per heavy atom. The molecular formula is C28H37ClN2O3. The van der Waals surface area contributed by atoms with Crippen molar-refractivity contribution in [1.29, 1.82) is 0 Å². The minimum atomic E-state index is -0.429. The number of piperidine rings is 1.